The highest BCUT2D eigenvalue weighted by Gasteiger charge is 2.19. The molecule has 0 spiro atoms. The molecule has 0 radical (unpaired) electrons. The average molecular weight is 883 g/mol. The molecule has 0 aliphatic rings. The van der Waals surface area contributed by atoms with Crippen LogP contribution >= 0.6 is 0 Å². The first-order valence-corrected chi connectivity index (χ1v) is 27.2. The summed E-state index contributed by atoms with van der Waals surface area (Å²) in [6, 6.07) is 0. The van der Waals surface area contributed by atoms with Gasteiger partial charge in [-0.1, -0.05) is 249 Å². The minimum absolute atomic E-state index is 0.0781. The molecular weight excluding hydrogens is 781 g/mol. The molecule has 0 bridgehead atoms. The van der Waals surface area contributed by atoms with Gasteiger partial charge in [0.2, 0.25) is 0 Å². The van der Waals surface area contributed by atoms with E-state index >= 15 is 0 Å². The highest BCUT2D eigenvalue weighted by atomic mass is 16.6. The van der Waals surface area contributed by atoms with Gasteiger partial charge in [0, 0.05) is 19.3 Å². The Hall–Kier alpha value is -2.63. The van der Waals surface area contributed by atoms with Crippen LogP contribution in [0.15, 0.2) is 48.6 Å². The van der Waals surface area contributed by atoms with E-state index in [1.54, 1.807) is 0 Å². The van der Waals surface area contributed by atoms with Gasteiger partial charge in [-0.05, 0) is 57.8 Å². The van der Waals surface area contributed by atoms with Crippen LogP contribution in [0, 0.1) is 0 Å². The third-order valence-corrected chi connectivity index (χ3v) is 11.9. The standard InChI is InChI=1S/C57H102O6/c1-4-7-10-13-16-19-22-24-26-27-28-29-31-32-35-38-41-44-47-50-56(59)62-53-54(52-61-55(58)49-46-43-40-37-34-21-18-15-12-9-6-3)63-57(60)51-48-45-42-39-36-33-30-25-23-20-17-14-11-8-5-2/h8,11,14-15,17-18,20,23,54H,4-7,9-10,12-13,16,19,21-22,24-53H2,1-3H3/b11-8-,17-14-,18-15-,23-20-. The van der Waals surface area contributed by atoms with Gasteiger partial charge in [0.1, 0.15) is 13.2 Å². The molecule has 366 valence electrons. The van der Waals surface area contributed by atoms with E-state index in [0.29, 0.717) is 19.3 Å². The zero-order valence-corrected chi connectivity index (χ0v) is 41.8. The van der Waals surface area contributed by atoms with Crippen LogP contribution in [0.25, 0.3) is 0 Å². The third-order valence-electron chi connectivity index (χ3n) is 11.9. The van der Waals surface area contributed by atoms with Crippen molar-refractivity contribution in [3.8, 4) is 0 Å². The zero-order valence-electron chi connectivity index (χ0n) is 41.8. The molecule has 0 amide bonds. The van der Waals surface area contributed by atoms with Gasteiger partial charge in [0.15, 0.2) is 6.10 Å². The first-order chi connectivity index (χ1) is 31.0. The highest BCUT2D eigenvalue weighted by molar-refractivity contribution is 5.71. The quantitative estimate of drug-likeness (QED) is 0.0199. The first-order valence-electron chi connectivity index (χ1n) is 27.2. The summed E-state index contributed by atoms with van der Waals surface area (Å²) in [6.07, 6.45) is 62.4. The lowest BCUT2D eigenvalue weighted by Gasteiger charge is -2.18. The molecule has 6 heteroatoms. The number of rotatable bonds is 49. The predicted octanol–water partition coefficient (Wildman–Crippen LogP) is 17.9. The minimum atomic E-state index is -0.779. The Morgan fingerprint density at radius 3 is 1.05 bits per heavy atom. The summed E-state index contributed by atoms with van der Waals surface area (Å²) < 4.78 is 16.8. The van der Waals surface area contributed by atoms with Crippen molar-refractivity contribution in [2.75, 3.05) is 13.2 Å². The molecule has 0 fully saturated rings. The highest BCUT2D eigenvalue weighted by Crippen LogP contribution is 2.16. The topological polar surface area (TPSA) is 78.9 Å². The third kappa shape index (κ3) is 50.2. The van der Waals surface area contributed by atoms with Gasteiger partial charge in [0.25, 0.3) is 0 Å². The monoisotopic (exact) mass is 883 g/mol. The van der Waals surface area contributed by atoms with Gasteiger partial charge < -0.3 is 14.2 Å². The number of hydrogen-bond donors (Lipinski definition) is 0. The Balaban J connectivity index is 4.31. The fourth-order valence-corrected chi connectivity index (χ4v) is 7.78. The van der Waals surface area contributed by atoms with Crippen molar-refractivity contribution >= 4 is 17.9 Å². The van der Waals surface area contributed by atoms with E-state index in [9.17, 15) is 14.4 Å². The van der Waals surface area contributed by atoms with Gasteiger partial charge in [-0.25, -0.2) is 0 Å². The van der Waals surface area contributed by atoms with E-state index in [2.05, 4.69) is 69.4 Å². The number of unbranched alkanes of at least 4 members (excludes halogenated alkanes) is 32. The Morgan fingerprint density at radius 1 is 0.333 bits per heavy atom. The van der Waals surface area contributed by atoms with Gasteiger partial charge in [0.05, 0.1) is 0 Å². The number of esters is 3. The maximum Gasteiger partial charge on any atom is 0.306 e. The van der Waals surface area contributed by atoms with E-state index < -0.39 is 6.10 Å². The number of carbonyl (C=O) groups excluding carboxylic acids is 3. The van der Waals surface area contributed by atoms with Gasteiger partial charge in [-0.2, -0.15) is 0 Å². The molecule has 0 saturated carbocycles. The van der Waals surface area contributed by atoms with Crippen molar-refractivity contribution in [3.05, 3.63) is 48.6 Å². The largest absolute Gasteiger partial charge is 0.462 e. The lowest BCUT2D eigenvalue weighted by atomic mass is 10.0. The predicted molar refractivity (Wildman–Crippen MR) is 270 cm³/mol. The minimum Gasteiger partial charge on any atom is -0.462 e. The van der Waals surface area contributed by atoms with Crippen LogP contribution in [0.5, 0.6) is 0 Å². The molecule has 6 nitrogen and oxygen atoms in total. The molecule has 0 aromatic rings. The lowest BCUT2D eigenvalue weighted by molar-refractivity contribution is -0.167. The molecule has 1 atom stereocenters. The lowest BCUT2D eigenvalue weighted by Crippen LogP contribution is -2.30. The Morgan fingerprint density at radius 2 is 0.651 bits per heavy atom. The Labute approximate surface area is 390 Å². The SMILES string of the molecule is CC\C=C/C=C\C=C/CCCCCCCCCC(=O)OC(COC(=O)CCCCCCC/C=C\CCCC)COC(=O)CCCCCCCCCCCCCCCCCCCCC. The van der Waals surface area contributed by atoms with Gasteiger partial charge in [-0.3, -0.25) is 14.4 Å². The molecule has 0 saturated heterocycles. The number of hydrogen-bond acceptors (Lipinski definition) is 6. The van der Waals surface area contributed by atoms with Crippen LogP contribution in [0.1, 0.15) is 278 Å². The van der Waals surface area contributed by atoms with Crippen molar-refractivity contribution in [1.29, 1.82) is 0 Å². The number of allylic oxidation sites excluding steroid dienone is 8. The number of carbonyl (C=O) groups is 3. The van der Waals surface area contributed by atoms with Crippen molar-refractivity contribution in [3.63, 3.8) is 0 Å². The molecule has 63 heavy (non-hydrogen) atoms. The molecule has 0 rings (SSSR count). The summed E-state index contributed by atoms with van der Waals surface area (Å²) in [6.45, 7) is 6.48. The van der Waals surface area contributed by atoms with E-state index in [4.69, 9.17) is 14.2 Å². The molecule has 0 aliphatic carbocycles. The van der Waals surface area contributed by atoms with Crippen LogP contribution in [0.2, 0.25) is 0 Å². The summed E-state index contributed by atoms with van der Waals surface area (Å²) in [5.41, 5.74) is 0. The molecule has 1 unspecified atom stereocenters. The fourth-order valence-electron chi connectivity index (χ4n) is 7.78. The van der Waals surface area contributed by atoms with E-state index in [0.717, 1.165) is 77.0 Å². The Bertz CT molecular complexity index is 1110. The average Bonchev–Trinajstić information content (AvgIpc) is 3.28. The molecule has 0 heterocycles. The van der Waals surface area contributed by atoms with Crippen molar-refractivity contribution in [1.82, 2.24) is 0 Å². The second kappa shape index (κ2) is 52.0. The maximum atomic E-state index is 12.8. The van der Waals surface area contributed by atoms with Crippen LogP contribution in [-0.4, -0.2) is 37.2 Å². The second-order valence-corrected chi connectivity index (χ2v) is 18.2. The summed E-state index contributed by atoms with van der Waals surface area (Å²) in [4.78, 5) is 38.0. The van der Waals surface area contributed by atoms with Crippen LogP contribution in [0.3, 0.4) is 0 Å². The zero-order chi connectivity index (χ0) is 45.8. The van der Waals surface area contributed by atoms with Crippen LogP contribution < -0.4 is 0 Å². The smallest absolute Gasteiger partial charge is 0.306 e. The van der Waals surface area contributed by atoms with Gasteiger partial charge >= 0.3 is 17.9 Å². The molecule has 0 aromatic heterocycles. The number of ether oxygens (including phenoxy) is 3. The maximum absolute atomic E-state index is 12.8. The van der Waals surface area contributed by atoms with Crippen molar-refractivity contribution in [2.24, 2.45) is 0 Å². The van der Waals surface area contributed by atoms with Gasteiger partial charge in [-0.15, -0.1) is 0 Å². The van der Waals surface area contributed by atoms with E-state index in [1.165, 1.54) is 161 Å². The summed E-state index contributed by atoms with van der Waals surface area (Å²) in [5, 5.41) is 0. The van der Waals surface area contributed by atoms with Crippen molar-refractivity contribution < 1.29 is 28.6 Å². The second-order valence-electron chi connectivity index (χ2n) is 18.2. The first kappa shape index (κ1) is 60.4. The van der Waals surface area contributed by atoms with E-state index in [1.807, 2.05) is 0 Å². The molecule has 0 aromatic carbocycles. The van der Waals surface area contributed by atoms with Crippen LogP contribution in [-0.2, 0) is 28.6 Å². The fraction of sp³-hybridized carbons (Fsp3) is 0.807. The molecule has 0 aliphatic heterocycles. The summed E-state index contributed by atoms with van der Waals surface area (Å²) in [5.74, 6) is -0.890. The summed E-state index contributed by atoms with van der Waals surface area (Å²) >= 11 is 0. The molecule has 0 N–H and O–H groups in total. The van der Waals surface area contributed by atoms with Crippen LogP contribution in [0.4, 0.5) is 0 Å². The molecular formula is C57H102O6. The normalized spacial score (nSPS) is 12.4. The summed E-state index contributed by atoms with van der Waals surface area (Å²) in [7, 11) is 0. The Kier molecular flexibility index (Phi) is 49.8. The van der Waals surface area contributed by atoms with Crippen molar-refractivity contribution in [2.45, 2.75) is 284 Å². The van der Waals surface area contributed by atoms with E-state index in [-0.39, 0.29) is 31.1 Å².